The lowest BCUT2D eigenvalue weighted by Gasteiger charge is -2.17. The number of hydrogen-bond donors (Lipinski definition) is 1. The first-order valence-corrected chi connectivity index (χ1v) is 9.96. The summed E-state index contributed by atoms with van der Waals surface area (Å²) < 4.78 is 5.88. The van der Waals surface area contributed by atoms with Crippen molar-refractivity contribution < 1.29 is 14.6 Å². The third-order valence-electron chi connectivity index (χ3n) is 4.28. The summed E-state index contributed by atoms with van der Waals surface area (Å²) in [6.45, 7) is 7.82. The highest BCUT2D eigenvalue weighted by Crippen LogP contribution is 2.37. The van der Waals surface area contributed by atoms with Gasteiger partial charge < -0.3 is 9.84 Å². The lowest BCUT2D eigenvalue weighted by Crippen LogP contribution is -2.05. The second kappa shape index (κ2) is 9.48. The fourth-order valence-corrected chi connectivity index (χ4v) is 3.66. The Kier molecular flexibility index (Phi) is 7.32. The molecular formula is C22H25NO3S. The smallest absolute Gasteiger partial charge is 0.163 e. The Bertz CT molecular complexity index is 869. The van der Waals surface area contributed by atoms with Gasteiger partial charge in [0.1, 0.15) is 11.5 Å². The molecule has 0 bridgehead atoms. The van der Waals surface area contributed by atoms with Gasteiger partial charge in [-0.15, -0.1) is 11.8 Å². The van der Waals surface area contributed by atoms with Crippen LogP contribution in [0.5, 0.6) is 11.5 Å². The van der Waals surface area contributed by atoms with E-state index in [1.54, 1.807) is 23.9 Å². The van der Waals surface area contributed by atoms with Crippen molar-refractivity contribution in [2.45, 2.75) is 44.9 Å². The Hall–Kier alpha value is -2.45. The first-order chi connectivity index (χ1) is 12.8. The highest BCUT2D eigenvalue weighted by Gasteiger charge is 2.18. The van der Waals surface area contributed by atoms with Gasteiger partial charge >= 0.3 is 0 Å². The molecule has 0 saturated heterocycles. The zero-order valence-electron chi connectivity index (χ0n) is 16.2. The van der Waals surface area contributed by atoms with E-state index in [2.05, 4.69) is 6.07 Å². The monoisotopic (exact) mass is 383 g/mol. The summed E-state index contributed by atoms with van der Waals surface area (Å²) in [5, 5.41) is 19.5. The summed E-state index contributed by atoms with van der Waals surface area (Å²) in [6.07, 6.45) is 0.827. The molecule has 1 N–H and O–H groups in total. The first-order valence-electron chi connectivity index (χ1n) is 8.98. The summed E-state index contributed by atoms with van der Waals surface area (Å²) in [7, 11) is 0. The lowest BCUT2D eigenvalue weighted by molar-refractivity contribution is 0.101. The minimum Gasteiger partial charge on any atom is -0.507 e. The largest absolute Gasteiger partial charge is 0.507 e. The normalized spacial score (nSPS) is 10.7. The second-order valence-electron chi connectivity index (χ2n) is 6.72. The molecule has 0 saturated carbocycles. The second-order valence-corrected chi connectivity index (χ2v) is 7.89. The van der Waals surface area contributed by atoms with Crippen LogP contribution in [-0.2, 0) is 0 Å². The minimum absolute atomic E-state index is 0.0214. The topological polar surface area (TPSA) is 70.3 Å². The number of benzene rings is 2. The van der Waals surface area contributed by atoms with Crippen molar-refractivity contribution in [1.82, 2.24) is 0 Å². The molecule has 0 spiro atoms. The molecule has 0 aromatic heterocycles. The van der Waals surface area contributed by atoms with Gasteiger partial charge in [-0.05, 0) is 56.0 Å². The van der Waals surface area contributed by atoms with E-state index in [1.807, 2.05) is 39.0 Å². The van der Waals surface area contributed by atoms with E-state index >= 15 is 0 Å². The number of ketones is 1. The number of nitrogens with zero attached hydrogens (tertiary/aromatic N) is 1. The van der Waals surface area contributed by atoms with Crippen molar-refractivity contribution >= 4 is 17.5 Å². The van der Waals surface area contributed by atoms with Crippen molar-refractivity contribution in [3.05, 3.63) is 52.6 Å². The molecule has 0 heterocycles. The number of phenols is 1. The van der Waals surface area contributed by atoms with Crippen molar-refractivity contribution in [1.29, 1.82) is 5.26 Å². The minimum atomic E-state index is -0.160. The zero-order valence-corrected chi connectivity index (χ0v) is 17.0. The molecule has 2 aromatic rings. The third-order valence-corrected chi connectivity index (χ3v) is 5.36. The molecule has 0 fully saturated rings. The van der Waals surface area contributed by atoms with E-state index in [1.165, 1.54) is 6.92 Å². The molecule has 0 aliphatic heterocycles. The number of carbonyl (C=O) groups is 1. The summed E-state index contributed by atoms with van der Waals surface area (Å²) in [6, 6.07) is 11.5. The van der Waals surface area contributed by atoms with Crippen LogP contribution in [0.1, 0.15) is 60.2 Å². The van der Waals surface area contributed by atoms with Crippen molar-refractivity contribution in [3.63, 3.8) is 0 Å². The highest BCUT2D eigenvalue weighted by molar-refractivity contribution is 7.99. The van der Waals surface area contributed by atoms with Crippen molar-refractivity contribution in [3.8, 4) is 17.6 Å². The molecule has 2 aromatic carbocycles. The number of rotatable bonds is 8. The van der Waals surface area contributed by atoms with Crippen molar-refractivity contribution in [2.75, 3.05) is 12.4 Å². The van der Waals surface area contributed by atoms with Crippen LogP contribution in [-0.4, -0.2) is 23.2 Å². The molecule has 5 heteroatoms. The van der Waals surface area contributed by atoms with E-state index in [0.717, 1.165) is 22.6 Å². The third kappa shape index (κ3) is 5.27. The number of ether oxygens (including phenoxy) is 1. The summed E-state index contributed by atoms with van der Waals surface area (Å²) in [4.78, 5) is 12.7. The summed E-state index contributed by atoms with van der Waals surface area (Å²) in [5.74, 6) is 1.40. The van der Waals surface area contributed by atoms with Gasteiger partial charge in [-0.25, -0.2) is 0 Å². The van der Waals surface area contributed by atoms with Gasteiger partial charge in [-0.1, -0.05) is 19.9 Å². The Morgan fingerprint density at radius 3 is 2.67 bits per heavy atom. The molecule has 27 heavy (non-hydrogen) atoms. The van der Waals surface area contributed by atoms with Crippen LogP contribution in [0.15, 0.2) is 35.2 Å². The number of nitriles is 1. The number of phenolic OH excluding ortho intramolecular Hbond substituents is 1. The fraction of sp³-hybridized carbons (Fsp3) is 0.364. The van der Waals surface area contributed by atoms with Crippen LogP contribution in [0.3, 0.4) is 0 Å². The van der Waals surface area contributed by atoms with Crippen LogP contribution in [0.4, 0.5) is 0 Å². The molecular weight excluding hydrogens is 358 g/mol. The maximum absolute atomic E-state index is 11.6. The molecule has 0 atom stereocenters. The lowest BCUT2D eigenvalue weighted by atomic mass is 9.96. The molecule has 0 radical (unpaired) electrons. The van der Waals surface area contributed by atoms with Gasteiger partial charge in [0.05, 0.1) is 23.8 Å². The molecule has 0 amide bonds. The quantitative estimate of drug-likeness (QED) is 0.372. The molecule has 4 nitrogen and oxygen atoms in total. The Morgan fingerprint density at radius 2 is 2.04 bits per heavy atom. The predicted octanol–water partition coefficient (Wildman–Crippen LogP) is 5.46. The van der Waals surface area contributed by atoms with Crippen LogP contribution in [0.2, 0.25) is 0 Å². The van der Waals surface area contributed by atoms with Gasteiger partial charge in [0.25, 0.3) is 0 Å². The zero-order chi connectivity index (χ0) is 20.0. The molecule has 142 valence electrons. The number of thioether (sulfide) groups is 1. The van der Waals surface area contributed by atoms with Crippen molar-refractivity contribution in [2.24, 2.45) is 0 Å². The van der Waals surface area contributed by atoms with Crippen LogP contribution < -0.4 is 4.74 Å². The highest BCUT2D eigenvalue weighted by atomic mass is 32.2. The number of aryl methyl sites for hydroxylation is 1. The average Bonchev–Trinajstić information content (AvgIpc) is 2.62. The molecule has 0 aliphatic rings. The van der Waals surface area contributed by atoms with Gasteiger partial charge in [-0.2, -0.15) is 5.26 Å². The van der Waals surface area contributed by atoms with Gasteiger partial charge in [0.15, 0.2) is 5.78 Å². The molecule has 0 unspecified atom stereocenters. The first kappa shape index (κ1) is 20.9. The Balaban J connectivity index is 1.95. The van der Waals surface area contributed by atoms with Crippen LogP contribution in [0.25, 0.3) is 0 Å². The number of aromatic hydroxyl groups is 1. The maximum Gasteiger partial charge on any atom is 0.163 e. The van der Waals surface area contributed by atoms with E-state index < -0.39 is 0 Å². The van der Waals surface area contributed by atoms with Gasteiger partial charge in [0.2, 0.25) is 0 Å². The SMILES string of the molecule is CC(=O)c1ccc(OCCCSc2ccc(C)c(C#N)c2)c(C(C)C)c1O. The van der Waals surface area contributed by atoms with E-state index in [9.17, 15) is 9.90 Å². The molecule has 2 rings (SSSR count). The Morgan fingerprint density at radius 1 is 1.30 bits per heavy atom. The van der Waals surface area contributed by atoms with Crippen LogP contribution in [0, 0.1) is 18.3 Å². The number of hydrogen-bond acceptors (Lipinski definition) is 5. The van der Waals surface area contributed by atoms with E-state index in [-0.39, 0.29) is 17.5 Å². The number of Topliss-reactive ketones (excluding diaryl/α,β-unsaturated/α-hetero) is 1. The molecule has 0 aliphatic carbocycles. The maximum atomic E-state index is 11.6. The summed E-state index contributed by atoms with van der Waals surface area (Å²) in [5.41, 5.74) is 2.70. The predicted molar refractivity (Wildman–Crippen MR) is 109 cm³/mol. The fourth-order valence-electron chi connectivity index (χ4n) is 2.80. The standard InChI is InChI=1S/C22H25NO3S/c1-14(2)21-20(9-8-19(16(4)24)22(21)25)26-10-5-11-27-18-7-6-15(3)17(12-18)13-23/h6-9,12,14,25H,5,10-11H2,1-4H3. The van der Waals surface area contributed by atoms with Gasteiger partial charge in [0, 0.05) is 16.2 Å². The number of carbonyl (C=O) groups excluding carboxylic acids is 1. The van der Waals surface area contributed by atoms with E-state index in [4.69, 9.17) is 10.00 Å². The van der Waals surface area contributed by atoms with Crippen LogP contribution >= 0.6 is 11.8 Å². The Labute approximate surface area is 165 Å². The van der Waals surface area contributed by atoms with E-state index in [0.29, 0.717) is 29.0 Å². The summed E-state index contributed by atoms with van der Waals surface area (Å²) >= 11 is 1.69. The average molecular weight is 384 g/mol. The van der Waals surface area contributed by atoms with Gasteiger partial charge in [-0.3, -0.25) is 4.79 Å².